The SMILES string of the molecule is COc1cc(C=CC(=O)c2ccc(OC(=O)N(C)c3ccccc3)cc2)cc(OC)c1OC. The van der Waals surface area contributed by atoms with E-state index in [4.69, 9.17) is 18.9 Å². The van der Waals surface area contributed by atoms with Crippen LogP contribution in [-0.2, 0) is 0 Å². The van der Waals surface area contributed by atoms with Crippen molar-refractivity contribution >= 4 is 23.6 Å². The van der Waals surface area contributed by atoms with E-state index >= 15 is 0 Å². The second-order valence-corrected chi connectivity index (χ2v) is 6.94. The summed E-state index contributed by atoms with van der Waals surface area (Å²) in [5, 5.41) is 0. The van der Waals surface area contributed by atoms with E-state index in [1.165, 1.54) is 32.3 Å². The predicted octanol–water partition coefficient (Wildman–Crippen LogP) is 5.24. The quantitative estimate of drug-likeness (QED) is 0.347. The summed E-state index contributed by atoms with van der Waals surface area (Å²) in [5.74, 6) is 1.61. The average molecular weight is 447 g/mol. The summed E-state index contributed by atoms with van der Waals surface area (Å²) in [6, 6.07) is 19.0. The molecule has 0 N–H and O–H groups in total. The molecule has 0 radical (unpaired) electrons. The molecule has 0 unspecified atom stereocenters. The Morgan fingerprint density at radius 3 is 1.97 bits per heavy atom. The minimum Gasteiger partial charge on any atom is -0.493 e. The summed E-state index contributed by atoms with van der Waals surface area (Å²) < 4.78 is 21.4. The maximum Gasteiger partial charge on any atom is 0.419 e. The number of nitrogens with zero attached hydrogens (tertiary/aromatic N) is 1. The molecule has 0 aromatic heterocycles. The van der Waals surface area contributed by atoms with Crippen LogP contribution in [0.4, 0.5) is 10.5 Å². The lowest BCUT2D eigenvalue weighted by Gasteiger charge is -2.16. The number of hydrogen-bond donors (Lipinski definition) is 0. The topological polar surface area (TPSA) is 74.3 Å². The van der Waals surface area contributed by atoms with Crippen LogP contribution in [0.2, 0.25) is 0 Å². The third kappa shape index (κ3) is 5.71. The molecule has 33 heavy (non-hydrogen) atoms. The first kappa shape index (κ1) is 23.4. The standard InChI is InChI=1S/C26H25NO6/c1-27(20-8-6-5-7-9-20)26(29)33-21-13-11-19(12-14-21)22(28)15-10-18-16-23(30-2)25(32-4)24(17-18)31-3/h5-17H,1-4H3. The van der Waals surface area contributed by atoms with Gasteiger partial charge < -0.3 is 18.9 Å². The van der Waals surface area contributed by atoms with Crippen LogP contribution >= 0.6 is 0 Å². The maximum absolute atomic E-state index is 12.6. The minimum atomic E-state index is -0.525. The van der Waals surface area contributed by atoms with Gasteiger partial charge in [0.15, 0.2) is 17.3 Å². The molecule has 7 nitrogen and oxygen atoms in total. The van der Waals surface area contributed by atoms with Crippen molar-refractivity contribution in [2.24, 2.45) is 0 Å². The van der Waals surface area contributed by atoms with Crippen molar-refractivity contribution in [1.82, 2.24) is 0 Å². The Bertz CT molecular complexity index is 1110. The first-order valence-corrected chi connectivity index (χ1v) is 10.1. The smallest absolute Gasteiger partial charge is 0.419 e. The number of ether oxygens (including phenoxy) is 4. The molecule has 3 aromatic rings. The van der Waals surface area contributed by atoms with Crippen LogP contribution in [-0.4, -0.2) is 40.3 Å². The monoisotopic (exact) mass is 447 g/mol. The van der Waals surface area contributed by atoms with E-state index in [9.17, 15) is 9.59 Å². The van der Waals surface area contributed by atoms with Crippen LogP contribution < -0.4 is 23.8 Å². The summed E-state index contributed by atoms with van der Waals surface area (Å²) in [6.07, 6.45) is 2.59. The maximum atomic E-state index is 12.6. The van der Waals surface area contributed by atoms with Crippen LogP contribution in [0.25, 0.3) is 6.08 Å². The second-order valence-electron chi connectivity index (χ2n) is 6.94. The number of anilines is 1. The Balaban J connectivity index is 1.68. The van der Waals surface area contributed by atoms with E-state index in [1.807, 2.05) is 30.3 Å². The first-order chi connectivity index (χ1) is 16.0. The van der Waals surface area contributed by atoms with Crippen LogP contribution in [0.15, 0.2) is 72.8 Å². The van der Waals surface area contributed by atoms with E-state index in [1.54, 1.807) is 49.5 Å². The van der Waals surface area contributed by atoms with Crippen LogP contribution in [0.1, 0.15) is 15.9 Å². The second kappa shape index (κ2) is 10.9. The summed E-state index contributed by atoms with van der Waals surface area (Å²) in [6.45, 7) is 0. The molecular formula is C26H25NO6. The molecular weight excluding hydrogens is 422 g/mol. The van der Waals surface area contributed by atoms with Gasteiger partial charge in [-0.05, 0) is 60.2 Å². The zero-order chi connectivity index (χ0) is 23.8. The van der Waals surface area contributed by atoms with Gasteiger partial charge in [-0.2, -0.15) is 0 Å². The van der Waals surface area contributed by atoms with E-state index in [0.717, 1.165) is 0 Å². The van der Waals surface area contributed by atoms with Crippen LogP contribution in [0, 0.1) is 0 Å². The summed E-state index contributed by atoms with van der Waals surface area (Å²) in [5.41, 5.74) is 1.88. The Morgan fingerprint density at radius 1 is 0.818 bits per heavy atom. The number of ketones is 1. The van der Waals surface area contributed by atoms with E-state index in [2.05, 4.69) is 0 Å². The number of benzene rings is 3. The van der Waals surface area contributed by atoms with Gasteiger partial charge in [0, 0.05) is 18.3 Å². The number of allylic oxidation sites excluding steroid dienone is 1. The number of amides is 1. The molecule has 0 fully saturated rings. The molecule has 0 atom stereocenters. The predicted molar refractivity (Wildman–Crippen MR) is 127 cm³/mol. The average Bonchev–Trinajstić information content (AvgIpc) is 2.86. The highest BCUT2D eigenvalue weighted by Gasteiger charge is 2.14. The third-order valence-electron chi connectivity index (χ3n) is 4.88. The number of carbonyl (C=O) groups excluding carboxylic acids is 2. The lowest BCUT2D eigenvalue weighted by Crippen LogP contribution is -2.29. The summed E-state index contributed by atoms with van der Waals surface area (Å²) in [4.78, 5) is 26.3. The highest BCUT2D eigenvalue weighted by atomic mass is 16.6. The number of hydrogen-bond acceptors (Lipinski definition) is 6. The fourth-order valence-electron chi connectivity index (χ4n) is 3.08. The molecule has 0 bridgehead atoms. The Hall–Kier alpha value is -4.26. The van der Waals surface area contributed by atoms with Gasteiger partial charge in [-0.15, -0.1) is 0 Å². The summed E-state index contributed by atoms with van der Waals surface area (Å²) in [7, 11) is 6.22. The van der Waals surface area contributed by atoms with Crippen molar-refractivity contribution in [2.75, 3.05) is 33.3 Å². The van der Waals surface area contributed by atoms with Crippen LogP contribution in [0.5, 0.6) is 23.0 Å². The van der Waals surface area contributed by atoms with Crippen LogP contribution in [0.3, 0.4) is 0 Å². The van der Waals surface area contributed by atoms with Gasteiger partial charge in [0.1, 0.15) is 5.75 Å². The lowest BCUT2D eigenvalue weighted by molar-refractivity contribution is 0.104. The molecule has 3 aromatic carbocycles. The normalized spacial score (nSPS) is 10.5. The van der Waals surface area contributed by atoms with Crippen molar-refractivity contribution in [3.8, 4) is 23.0 Å². The number of para-hydroxylation sites is 1. The minimum absolute atomic E-state index is 0.206. The Morgan fingerprint density at radius 2 is 1.42 bits per heavy atom. The largest absolute Gasteiger partial charge is 0.493 e. The highest BCUT2D eigenvalue weighted by Crippen LogP contribution is 2.38. The van der Waals surface area contributed by atoms with Crippen molar-refractivity contribution in [2.45, 2.75) is 0 Å². The molecule has 1 amide bonds. The van der Waals surface area contributed by atoms with Gasteiger partial charge in [-0.3, -0.25) is 9.69 Å². The van der Waals surface area contributed by atoms with Crippen molar-refractivity contribution < 1.29 is 28.5 Å². The zero-order valence-electron chi connectivity index (χ0n) is 18.9. The van der Waals surface area contributed by atoms with E-state index in [0.29, 0.717) is 39.8 Å². The molecule has 0 aliphatic heterocycles. The van der Waals surface area contributed by atoms with Gasteiger partial charge >= 0.3 is 6.09 Å². The highest BCUT2D eigenvalue weighted by molar-refractivity contribution is 6.07. The van der Waals surface area contributed by atoms with E-state index < -0.39 is 6.09 Å². The van der Waals surface area contributed by atoms with Crippen molar-refractivity contribution in [3.63, 3.8) is 0 Å². The van der Waals surface area contributed by atoms with Gasteiger partial charge in [0.2, 0.25) is 5.75 Å². The molecule has 3 rings (SSSR count). The molecule has 0 aliphatic rings. The molecule has 7 heteroatoms. The Kier molecular flexibility index (Phi) is 7.70. The number of rotatable bonds is 8. The molecule has 0 heterocycles. The van der Waals surface area contributed by atoms with Gasteiger partial charge in [0.25, 0.3) is 0 Å². The van der Waals surface area contributed by atoms with Gasteiger partial charge in [-0.25, -0.2) is 4.79 Å². The van der Waals surface area contributed by atoms with Gasteiger partial charge in [-0.1, -0.05) is 24.3 Å². The molecule has 0 aliphatic carbocycles. The van der Waals surface area contributed by atoms with Crippen molar-refractivity contribution in [1.29, 1.82) is 0 Å². The Labute approximate surface area is 192 Å². The number of methoxy groups -OCH3 is 3. The van der Waals surface area contributed by atoms with Gasteiger partial charge in [0.05, 0.1) is 21.3 Å². The molecule has 170 valence electrons. The lowest BCUT2D eigenvalue weighted by atomic mass is 10.1. The zero-order valence-corrected chi connectivity index (χ0v) is 18.9. The fourth-order valence-corrected chi connectivity index (χ4v) is 3.08. The first-order valence-electron chi connectivity index (χ1n) is 10.1. The number of carbonyl (C=O) groups is 2. The third-order valence-corrected chi connectivity index (χ3v) is 4.88. The molecule has 0 saturated heterocycles. The summed E-state index contributed by atoms with van der Waals surface area (Å²) >= 11 is 0. The fraction of sp³-hybridized carbons (Fsp3) is 0.154. The molecule has 0 saturated carbocycles. The molecule has 0 spiro atoms. The van der Waals surface area contributed by atoms with Crippen molar-refractivity contribution in [3.05, 3.63) is 83.9 Å². The van der Waals surface area contributed by atoms with E-state index in [-0.39, 0.29) is 5.78 Å².